The maximum atomic E-state index is 14.3. The Morgan fingerprint density at radius 3 is 2.39 bits per heavy atom. The van der Waals surface area contributed by atoms with Crippen LogP contribution in [0, 0.1) is 11.8 Å². The van der Waals surface area contributed by atoms with Crippen molar-refractivity contribution >= 4 is 23.4 Å². The number of aliphatic hydroxyl groups is 1. The summed E-state index contributed by atoms with van der Waals surface area (Å²) in [6.07, 6.45) is 11.6. The van der Waals surface area contributed by atoms with Crippen molar-refractivity contribution in [1.82, 2.24) is 9.80 Å². The van der Waals surface area contributed by atoms with Crippen molar-refractivity contribution in [1.29, 1.82) is 0 Å². The first-order valence-corrected chi connectivity index (χ1v) is 14.0. The van der Waals surface area contributed by atoms with Crippen molar-refractivity contribution in [3.05, 3.63) is 54.6 Å². The number of hydrogen-bond acceptors (Lipinski definition) is 5. The summed E-state index contributed by atoms with van der Waals surface area (Å²) in [5.41, 5.74) is -1.47. The van der Waals surface area contributed by atoms with E-state index in [0.29, 0.717) is 39.0 Å². The van der Waals surface area contributed by atoms with Crippen molar-refractivity contribution in [3.63, 3.8) is 0 Å². The van der Waals surface area contributed by atoms with Gasteiger partial charge in [0.25, 0.3) is 0 Å². The molecule has 2 saturated heterocycles. The van der Waals surface area contributed by atoms with E-state index >= 15 is 0 Å². The van der Waals surface area contributed by atoms with Gasteiger partial charge in [-0.25, -0.2) is 0 Å². The van der Waals surface area contributed by atoms with Gasteiger partial charge in [-0.2, -0.15) is 0 Å². The number of carbonyl (C=O) groups is 3. The lowest BCUT2D eigenvalue weighted by molar-refractivity contribution is -0.151. The number of rotatable bonds is 9. The topological polar surface area (TPSA) is 90.4 Å². The van der Waals surface area contributed by atoms with Gasteiger partial charge in [0.05, 0.1) is 17.4 Å². The molecule has 5 atom stereocenters. The predicted molar refractivity (Wildman–Crippen MR) is 144 cm³/mol. The van der Waals surface area contributed by atoms with Gasteiger partial charge in [-0.1, -0.05) is 55.8 Å². The molecule has 4 heterocycles. The molecular formula is C30H39N3O5. The standard InChI is InChI=1S/C30H39N3O5/c1-3-4-17-31-18-12-16-30-24(27(36)33(25(30)28(31)37)19-9-6-10-21-34)23-26(35)32(22-13-7-5-8-14-22)20-11-15-29(23,2)38-30/h5,7-8,11-16,23-25,34H,3-4,6,9-10,17-21H2,1-2H3/t23-,24-,25?,29+,30-/m0/s1. The summed E-state index contributed by atoms with van der Waals surface area (Å²) in [6.45, 7) is 5.92. The molecular weight excluding hydrogens is 482 g/mol. The zero-order valence-corrected chi connectivity index (χ0v) is 22.4. The molecule has 0 saturated carbocycles. The van der Waals surface area contributed by atoms with Crippen LogP contribution in [0.1, 0.15) is 46.0 Å². The number of para-hydroxylation sites is 1. The minimum absolute atomic E-state index is 0.0934. The monoisotopic (exact) mass is 521 g/mol. The molecule has 4 aliphatic heterocycles. The number of carbonyl (C=O) groups excluding carboxylic acids is 3. The van der Waals surface area contributed by atoms with Gasteiger partial charge in [0.1, 0.15) is 11.6 Å². The molecule has 5 rings (SSSR count). The van der Waals surface area contributed by atoms with E-state index in [1.54, 1.807) is 9.80 Å². The van der Waals surface area contributed by atoms with Crippen LogP contribution in [0.3, 0.4) is 0 Å². The molecule has 1 spiro atoms. The van der Waals surface area contributed by atoms with Crippen LogP contribution in [-0.2, 0) is 19.1 Å². The van der Waals surface area contributed by atoms with Gasteiger partial charge in [0.2, 0.25) is 17.7 Å². The number of benzene rings is 1. The summed E-state index contributed by atoms with van der Waals surface area (Å²) in [7, 11) is 0. The average molecular weight is 522 g/mol. The lowest BCUT2D eigenvalue weighted by Crippen LogP contribution is -2.56. The average Bonchev–Trinajstić information content (AvgIpc) is 3.18. The number of likely N-dealkylation sites (tertiary alicyclic amines) is 1. The number of nitrogens with zero attached hydrogens (tertiary/aromatic N) is 3. The Labute approximate surface area is 224 Å². The van der Waals surface area contributed by atoms with E-state index in [2.05, 4.69) is 6.92 Å². The minimum Gasteiger partial charge on any atom is -0.396 e. The number of ether oxygens (including phenoxy) is 1. The highest BCUT2D eigenvalue weighted by molar-refractivity contribution is 6.04. The Morgan fingerprint density at radius 1 is 0.895 bits per heavy atom. The van der Waals surface area contributed by atoms with E-state index in [1.165, 1.54) is 0 Å². The normalized spacial score (nSPS) is 32.3. The smallest absolute Gasteiger partial charge is 0.249 e. The van der Waals surface area contributed by atoms with Crippen LogP contribution in [-0.4, -0.2) is 82.7 Å². The third kappa shape index (κ3) is 4.28. The van der Waals surface area contributed by atoms with E-state index in [0.717, 1.165) is 24.9 Å². The molecule has 4 aliphatic rings. The maximum absolute atomic E-state index is 14.3. The highest BCUT2D eigenvalue weighted by atomic mass is 16.5. The van der Waals surface area contributed by atoms with E-state index in [4.69, 9.17) is 4.74 Å². The Balaban J connectivity index is 1.57. The number of aliphatic hydroxyl groups excluding tert-OH is 1. The first kappa shape index (κ1) is 26.6. The third-order valence-corrected chi connectivity index (χ3v) is 8.55. The van der Waals surface area contributed by atoms with Crippen LogP contribution in [0.4, 0.5) is 5.69 Å². The summed E-state index contributed by atoms with van der Waals surface area (Å²) in [6, 6.07) is 8.67. The van der Waals surface area contributed by atoms with Crippen molar-refractivity contribution in [2.24, 2.45) is 11.8 Å². The van der Waals surface area contributed by atoms with Crippen LogP contribution in [0.25, 0.3) is 0 Å². The van der Waals surface area contributed by atoms with E-state index < -0.39 is 29.1 Å². The molecule has 1 N–H and O–H groups in total. The van der Waals surface area contributed by atoms with Crippen LogP contribution in [0.2, 0.25) is 0 Å². The number of hydrogen-bond donors (Lipinski definition) is 1. The maximum Gasteiger partial charge on any atom is 0.249 e. The molecule has 0 aromatic heterocycles. The fourth-order valence-corrected chi connectivity index (χ4v) is 6.77. The quantitative estimate of drug-likeness (QED) is 0.399. The van der Waals surface area contributed by atoms with Gasteiger partial charge in [-0.15, -0.1) is 0 Å². The molecule has 3 amide bonds. The fourth-order valence-electron chi connectivity index (χ4n) is 6.77. The molecule has 38 heavy (non-hydrogen) atoms. The summed E-state index contributed by atoms with van der Waals surface area (Å²) >= 11 is 0. The first-order valence-electron chi connectivity index (χ1n) is 14.0. The van der Waals surface area contributed by atoms with E-state index in [9.17, 15) is 19.5 Å². The third-order valence-electron chi connectivity index (χ3n) is 8.55. The van der Waals surface area contributed by atoms with E-state index in [1.807, 2.05) is 66.5 Å². The van der Waals surface area contributed by atoms with Gasteiger partial charge < -0.3 is 24.5 Å². The summed E-state index contributed by atoms with van der Waals surface area (Å²) in [5, 5.41) is 9.24. The second-order valence-electron chi connectivity index (χ2n) is 11.0. The van der Waals surface area contributed by atoms with Crippen LogP contribution >= 0.6 is 0 Å². The number of amides is 3. The highest BCUT2D eigenvalue weighted by Crippen LogP contribution is 2.57. The van der Waals surface area contributed by atoms with Crippen LogP contribution < -0.4 is 4.90 Å². The zero-order chi connectivity index (χ0) is 26.9. The predicted octanol–water partition coefficient (Wildman–Crippen LogP) is 2.92. The Hall–Kier alpha value is -2.97. The van der Waals surface area contributed by atoms with Crippen molar-refractivity contribution in [2.45, 2.75) is 63.2 Å². The summed E-state index contributed by atoms with van der Waals surface area (Å²) in [4.78, 5) is 47.9. The van der Waals surface area contributed by atoms with Gasteiger partial charge in [0, 0.05) is 38.5 Å². The minimum atomic E-state index is -1.22. The summed E-state index contributed by atoms with van der Waals surface area (Å²) < 4.78 is 6.86. The molecule has 8 nitrogen and oxygen atoms in total. The molecule has 0 bridgehead atoms. The van der Waals surface area contributed by atoms with Gasteiger partial charge in [-0.05, 0) is 44.7 Å². The fraction of sp³-hybridized carbons (Fsp3) is 0.567. The van der Waals surface area contributed by atoms with Crippen molar-refractivity contribution in [3.8, 4) is 0 Å². The number of anilines is 1. The van der Waals surface area contributed by atoms with Crippen LogP contribution in [0.15, 0.2) is 54.6 Å². The van der Waals surface area contributed by atoms with Crippen molar-refractivity contribution < 1.29 is 24.2 Å². The van der Waals surface area contributed by atoms with Crippen molar-refractivity contribution in [2.75, 3.05) is 37.7 Å². The summed E-state index contributed by atoms with van der Waals surface area (Å²) in [5.74, 6) is -2.04. The Kier molecular flexibility index (Phi) is 7.47. The molecule has 1 aromatic carbocycles. The second-order valence-corrected chi connectivity index (χ2v) is 11.0. The molecule has 0 aliphatic carbocycles. The molecule has 2 fully saturated rings. The zero-order valence-electron chi connectivity index (χ0n) is 22.4. The lowest BCUT2D eigenvalue weighted by atomic mass is 9.74. The first-order chi connectivity index (χ1) is 18.4. The van der Waals surface area contributed by atoms with E-state index in [-0.39, 0.29) is 24.3 Å². The van der Waals surface area contributed by atoms with Gasteiger partial charge >= 0.3 is 0 Å². The molecule has 1 unspecified atom stereocenters. The Morgan fingerprint density at radius 2 is 1.66 bits per heavy atom. The van der Waals surface area contributed by atoms with Crippen LogP contribution in [0.5, 0.6) is 0 Å². The number of fused-ring (bicyclic) bond motifs is 2. The second kappa shape index (κ2) is 10.7. The molecule has 1 aromatic rings. The highest BCUT2D eigenvalue weighted by Gasteiger charge is 2.74. The Bertz CT molecular complexity index is 1120. The lowest BCUT2D eigenvalue weighted by Gasteiger charge is -2.37. The molecule has 8 heteroatoms. The van der Waals surface area contributed by atoms with Gasteiger partial charge in [0.15, 0.2) is 0 Å². The molecule has 204 valence electrons. The number of unbranched alkanes of at least 4 members (excludes halogenated alkanes) is 3. The van der Waals surface area contributed by atoms with Gasteiger partial charge in [-0.3, -0.25) is 14.4 Å². The largest absolute Gasteiger partial charge is 0.396 e. The molecule has 0 radical (unpaired) electrons. The SMILES string of the molecule is CCCCN1CC=C[C@]23O[C@]4(C)C=CCN(c5ccccc5)C(=O)[C@@H]4[C@H]2C(=O)N(CCCCCO)C3C1=O.